The third-order valence-electron chi connectivity index (χ3n) is 7.33. The highest BCUT2D eigenvalue weighted by molar-refractivity contribution is 5.94. The van der Waals surface area contributed by atoms with Crippen LogP contribution in [0.5, 0.6) is 5.75 Å². The second-order valence-electron chi connectivity index (χ2n) is 10.2. The number of fused-ring (bicyclic) bond motifs is 1. The first-order chi connectivity index (χ1) is 19.2. The zero-order valence-electron chi connectivity index (χ0n) is 21.9. The molecular weight excluding hydrogens is 521 g/mol. The van der Waals surface area contributed by atoms with E-state index < -0.39 is 18.4 Å². The molecular formula is C30H31F3N4O3. The van der Waals surface area contributed by atoms with E-state index >= 15 is 0 Å². The lowest BCUT2D eigenvalue weighted by Gasteiger charge is -2.38. The van der Waals surface area contributed by atoms with E-state index in [-0.39, 0.29) is 24.2 Å². The van der Waals surface area contributed by atoms with Gasteiger partial charge in [-0.05, 0) is 53.8 Å². The lowest BCUT2D eigenvalue weighted by molar-refractivity contribution is -0.274. The van der Waals surface area contributed by atoms with Gasteiger partial charge in [-0.3, -0.25) is 9.69 Å². The summed E-state index contributed by atoms with van der Waals surface area (Å²) < 4.78 is 41.3. The van der Waals surface area contributed by atoms with Gasteiger partial charge in [0.1, 0.15) is 11.8 Å². The van der Waals surface area contributed by atoms with Gasteiger partial charge >= 0.3 is 12.4 Å². The zero-order chi connectivity index (χ0) is 28.1. The van der Waals surface area contributed by atoms with E-state index in [0.29, 0.717) is 12.1 Å². The lowest BCUT2D eigenvalue weighted by Crippen LogP contribution is -2.56. The average molecular weight is 553 g/mol. The Balaban J connectivity index is 1.22. The van der Waals surface area contributed by atoms with Crippen LogP contribution in [0.4, 0.5) is 23.7 Å². The lowest BCUT2D eigenvalue weighted by atomic mass is 9.93. The van der Waals surface area contributed by atoms with Gasteiger partial charge in [-0.25, -0.2) is 4.79 Å². The molecule has 1 fully saturated rings. The summed E-state index contributed by atoms with van der Waals surface area (Å²) in [4.78, 5) is 30.7. The molecule has 3 aromatic carbocycles. The van der Waals surface area contributed by atoms with Gasteiger partial charge in [0, 0.05) is 44.3 Å². The maximum atomic E-state index is 13.5. The van der Waals surface area contributed by atoms with Crippen molar-refractivity contribution in [2.75, 3.05) is 18.4 Å². The van der Waals surface area contributed by atoms with E-state index in [1.54, 1.807) is 0 Å². The number of urea groups is 1. The predicted octanol–water partition coefficient (Wildman–Crippen LogP) is 5.32. The highest BCUT2D eigenvalue weighted by Gasteiger charge is 2.36. The highest BCUT2D eigenvalue weighted by atomic mass is 19.4. The first-order valence-corrected chi connectivity index (χ1v) is 13.3. The van der Waals surface area contributed by atoms with Gasteiger partial charge in [0.2, 0.25) is 5.91 Å². The van der Waals surface area contributed by atoms with Crippen molar-refractivity contribution in [1.29, 1.82) is 0 Å². The number of amides is 3. The summed E-state index contributed by atoms with van der Waals surface area (Å²) in [6, 6.07) is 21.7. The number of anilines is 1. The van der Waals surface area contributed by atoms with Crippen LogP contribution < -0.4 is 15.4 Å². The Morgan fingerprint density at radius 1 is 0.875 bits per heavy atom. The third-order valence-corrected chi connectivity index (χ3v) is 7.33. The maximum absolute atomic E-state index is 13.5. The number of likely N-dealkylation sites (tertiary alicyclic amines) is 1. The minimum atomic E-state index is -4.80. The van der Waals surface area contributed by atoms with Crippen molar-refractivity contribution in [2.45, 2.75) is 50.8 Å². The van der Waals surface area contributed by atoms with Crippen LogP contribution in [-0.2, 0) is 24.3 Å². The highest BCUT2D eigenvalue weighted by Crippen LogP contribution is 2.27. The fourth-order valence-corrected chi connectivity index (χ4v) is 5.28. The molecule has 1 saturated heterocycles. The molecule has 0 aromatic heterocycles. The summed E-state index contributed by atoms with van der Waals surface area (Å²) in [7, 11) is 0. The van der Waals surface area contributed by atoms with Crippen LogP contribution in [0, 0.1) is 0 Å². The molecule has 2 heterocycles. The van der Waals surface area contributed by atoms with Gasteiger partial charge in [0.05, 0.1) is 0 Å². The molecule has 2 N–H and O–H groups in total. The maximum Gasteiger partial charge on any atom is 0.573 e. The topological polar surface area (TPSA) is 73.9 Å². The fraction of sp³-hybridized carbons (Fsp3) is 0.333. The van der Waals surface area contributed by atoms with Crippen molar-refractivity contribution in [3.05, 3.63) is 95.6 Å². The number of hydrogen-bond donors (Lipinski definition) is 2. The molecule has 7 nitrogen and oxygen atoms in total. The van der Waals surface area contributed by atoms with Crippen LogP contribution >= 0.6 is 0 Å². The number of piperidine rings is 1. The standard InChI is InChI=1S/C30H31F3N4O3/c31-30(32,33)40-26-12-10-24(11-13-26)35-29(39)37-20-23-9-5-4-8-22(23)18-27(37)28(38)34-25-14-16-36(17-15-25)19-21-6-2-1-3-7-21/h1-13,25,27H,14-20H2,(H,34,38)(H,35,39)/t27-/m0/s1. The normalized spacial score (nSPS) is 18.1. The van der Waals surface area contributed by atoms with Crippen molar-refractivity contribution in [3.63, 3.8) is 0 Å². The largest absolute Gasteiger partial charge is 0.573 e. The van der Waals surface area contributed by atoms with E-state index in [2.05, 4.69) is 32.4 Å². The number of benzene rings is 3. The molecule has 3 aromatic rings. The number of ether oxygens (including phenoxy) is 1. The van der Waals surface area contributed by atoms with E-state index in [4.69, 9.17) is 0 Å². The van der Waals surface area contributed by atoms with E-state index in [1.165, 1.54) is 22.6 Å². The summed E-state index contributed by atoms with van der Waals surface area (Å²) in [6.07, 6.45) is -2.79. The van der Waals surface area contributed by atoms with Crippen LogP contribution in [0.15, 0.2) is 78.9 Å². The second-order valence-corrected chi connectivity index (χ2v) is 10.2. The van der Waals surface area contributed by atoms with Crippen molar-refractivity contribution >= 4 is 17.6 Å². The summed E-state index contributed by atoms with van der Waals surface area (Å²) in [5.74, 6) is -0.593. The molecule has 1 atom stereocenters. The van der Waals surface area contributed by atoms with Crippen LogP contribution in [0.3, 0.4) is 0 Å². The van der Waals surface area contributed by atoms with E-state index in [1.807, 2.05) is 42.5 Å². The van der Waals surface area contributed by atoms with Crippen molar-refractivity contribution in [2.24, 2.45) is 0 Å². The first kappa shape index (κ1) is 27.5. The summed E-state index contributed by atoms with van der Waals surface area (Å²) in [5, 5.41) is 5.88. The van der Waals surface area contributed by atoms with Gasteiger partial charge in [-0.1, -0.05) is 54.6 Å². The minimum Gasteiger partial charge on any atom is -0.406 e. The smallest absolute Gasteiger partial charge is 0.406 e. The summed E-state index contributed by atoms with van der Waals surface area (Å²) in [6.45, 7) is 2.85. The van der Waals surface area contributed by atoms with Crippen LogP contribution in [0.1, 0.15) is 29.5 Å². The minimum absolute atomic E-state index is 0.0165. The van der Waals surface area contributed by atoms with E-state index in [0.717, 1.165) is 55.7 Å². The monoisotopic (exact) mass is 552 g/mol. The number of nitrogens with one attached hydrogen (secondary N) is 2. The Bertz CT molecular complexity index is 1310. The van der Waals surface area contributed by atoms with Crippen LogP contribution in [-0.4, -0.2) is 53.3 Å². The van der Waals surface area contributed by atoms with E-state index in [9.17, 15) is 22.8 Å². The number of rotatable bonds is 6. The Labute approximate surface area is 230 Å². The number of hydrogen-bond acceptors (Lipinski definition) is 4. The SMILES string of the molecule is O=C(NC1CCN(Cc2ccccc2)CC1)[C@@H]1Cc2ccccc2CN1C(=O)Nc1ccc(OC(F)(F)F)cc1. The molecule has 210 valence electrons. The Morgan fingerprint density at radius 3 is 2.20 bits per heavy atom. The number of nitrogens with zero attached hydrogens (tertiary/aromatic N) is 2. The summed E-state index contributed by atoms with van der Waals surface area (Å²) in [5.41, 5.74) is 3.52. The fourth-order valence-electron chi connectivity index (χ4n) is 5.28. The van der Waals surface area contributed by atoms with Gasteiger partial charge in [0.15, 0.2) is 0 Å². The first-order valence-electron chi connectivity index (χ1n) is 13.3. The molecule has 0 aliphatic carbocycles. The quantitative estimate of drug-likeness (QED) is 0.434. The Morgan fingerprint density at radius 2 is 1.52 bits per heavy atom. The van der Waals surface area contributed by atoms with Crippen molar-refractivity contribution in [3.8, 4) is 5.75 Å². The third kappa shape index (κ3) is 7.12. The molecule has 0 bridgehead atoms. The molecule has 0 unspecified atom stereocenters. The number of carbonyl (C=O) groups is 2. The molecule has 10 heteroatoms. The van der Waals surface area contributed by atoms with Crippen molar-refractivity contribution in [1.82, 2.24) is 15.1 Å². The van der Waals surface area contributed by atoms with Crippen LogP contribution in [0.2, 0.25) is 0 Å². The molecule has 40 heavy (non-hydrogen) atoms. The number of halogens is 3. The molecule has 0 radical (unpaired) electrons. The predicted molar refractivity (Wildman–Crippen MR) is 145 cm³/mol. The molecule has 2 aliphatic rings. The second kappa shape index (κ2) is 12.0. The Hall–Kier alpha value is -4.05. The molecule has 0 saturated carbocycles. The summed E-state index contributed by atoms with van der Waals surface area (Å²) >= 11 is 0. The van der Waals surface area contributed by atoms with Crippen molar-refractivity contribution < 1.29 is 27.5 Å². The number of carbonyl (C=O) groups excluding carboxylic acids is 2. The zero-order valence-corrected chi connectivity index (χ0v) is 21.9. The molecule has 2 aliphatic heterocycles. The number of alkyl halides is 3. The molecule has 0 spiro atoms. The van der Waals surface area contributed by atoms with Gasteiger partial charge in [-0.15, -0.1) is 13.2 Å². The Kier molecular flexibility index (Phi) is 8.25. The van der Waals surface area contributed by atoms with Gasteiger partial charge < -0.3 is 20.3 Å². The molecule has 5 rings (SSSR count). The van der Waals surface area contributed by atoms with Crippen LogP contribution in [0.25, 0.3) is 0 Å². The molecule has 3 amide bonds. The average Bonchev–Trinajstić information content (AvgIpc) is 2.94. The van der Waals surface area contributed by atoms with Gasteiger partial charge in [-0.2, -0.15) is 0 Å². The van der Waals surface area contributed by atoms with Gasteiger partial charge in [0.25, 0.3) is 0 Å².